The van der Waals surface area contributed by atoms with Gasteiger partial charge in [0.05, 0.1) is 30.0 Å². The number of aliphatic hydroxyl groups excluding tert-OH is 2. The number of fused-ring (bicyclic) bond motifs is 3. The Bertz CT molecular complexity index is 710. The van der Waals surface area contributed by atoms with Gasteiger partial charge in [-0.2, -0.15) is 0 Å². The van der Waals surface area contributed by atoms with Crippen LogP contribution >= 0.6 is 0 Å². The molecule has 9 atom stereocenters. The molecule has 1 saturated heterocycles. The third kappa shape index (κ3) is 3.17. The van der Waals surface area contributed by atoms with Gasteiger partial charge in [-0.3, -0.25) is 0 Å². The standard InChI is InChI=1S/C25H40O4/c1-15(2)10-19-11-17(4)25(29-19)9-8-23(5)14-24(28)16(3)12-20(27)22(24)18(13-26)6-7-21(23)25/h6,10,16-17,19-22,26-28H,7-9,11-14H2,1-5H3/b18-6-/t16-,17+,19+,20-,21-,22+,23-,24-,25+/m1/s1. The largest absolute Gasteiger partial charge is 0.392 e. The van der Waals surface area contributed by atoms with E-state index in [4.69, 9.17) is 4.74 Å². The smallest absolute Gasteiger partial charge is 0.0770 e. The van der Waals surface area contributed by atoms with Gasteiger partial charge in [-0.05, 0) is 81.1 Å². The van der Waals surface area contributed by atoms with Crippen molar-refractivity contribution >= 4 is 0 Å². The van der Waals surface area contributed by atoms with Crippen LogP contribution in [0.2, 0.25) is 0 Å². The Kier molecular flexibility index (Phi) is 5.34. The van der Waals surface area contributed by atoms with Crippen LogP contribution in [0.15, 0.2) is 23.3 Å². The molecule has 2 saturated carbocycles. The molecule has 29 heavy (non-hydrogen) atoms. The molecule has 0 radical (unpaired) electrons. The molecule has 1 spiro atoms. The molecule has 164 valence electrons. The average molecular weight is 405 g/mol. The fourth-order valence-corrected chi connectivity index (χ4v) is 7.71. The molecular weight excluding hydrogens is 364 g/mol. The quantitative estimate of drug-likeness (QED) is 0.609. The molecule has 0 amide bonds. The summed E-state index contributed by atoms with van der Waals surface area (Å²) in [6.07, 6.45) is 9.25. The molecule has 0 unspecified atom stereocenters. The van der Waals surface area contributed by atoms with Crippen molar-refractivity contribution in [3.05, 3.63) is 23.3 Å². The van der Waals surface area contributed by atoms with E-state index in [0.29, 0.717) is 24.7 Å². The summed E-state index contributed by atoms with van der Waals surface area (Å²) in [7, 11) is 0. The summed E-state index contributed by atoms with van der Waals surface area (Å²) in [6.45, 7) is 10.9. The highest BCUT2D eigenvalue weighted by atomic mass is 16.5. The first-order valence-corrected chi connectivity index (χ1v) is 11.6. The maximum atomic E-state index is 11.9. The molecule has 4 rings (SSSR count). The summed E-state index contributed by atoms with van der Waals surface area (Å²) < 4.78 is 6.83. The zero-order valence-corrected chi connectivity index (χ0v) is 18.8. The van der Waals surface area contributed by atoms with E-state index < -0.39 is 11.7 Å². The zero-order valence-electron chi connectivity index (χ0n) is 18.8. The Morgan fingerprint density at radius 3 is 2.59 bits per heavy atom. The monoisotopic (exact) mass is 404 g/mol. The number of hydrogen-bond acceptors (Lipinski definition) is 4. The van der Waals surface area contributed by atoms with E-state index in [1.54, 1.807) is 0 Å². The van der Waals surface area contributed by atoms with Crippen molar-refractivity contribution in [1.82, 2.24) is 0 Å². The SMILES string of the molecule is CC(C)=C[C@H]1C[C@H](C)[C@]2(CC[C@]3(C)C[C@@]4(O)[C@H](C)C[C@@H](O)[C@@H]4/C(CO)=C\C[C@H]32)O1. The van der Waals surface area contributed by atoms with Crippen LogP contribution in [0, 0.1) is 29.1 Å². The minimum absolute atomic E-state index is 0.0184. The van der Waals surface area contributed by atoms with Crippen LogP contribution < -0.4 is 0 Å². The van der Waals surface area contributed by atoms with Gasteiger partial charge in [0.1, 0.15) is 0 Å². The summed E-state index contributed by atoms with van der Waals surface area (Å²) >= 11 is 0. The Morgan fingerprint density at radius 1 is 1.21 bits per heavy atom. The fourth-order valence-electron chi connectivity index (χ4n) is 7.71. The molecule has 4 heteroatoms. The molecule has 0 aromatic heterocycles. The molecule has 0 bridgehead atoms. The summed E-state index contributed by atoms with van der Waals surface area (Å²) in [5.41, 5.74) is 0.961. The lowest BCUT2D eigenvalue weighted by atomic mass is 9.60. The molecule has 4 nitrogen and oxygen atoms in total. The van der Waals surface area contributed by atoms with Gasteiger partial charge < -0.3 is 20.1 Å². The summed E-state index contributed by atoms with van der Waals surface area (Å²) in [5, 5.41) is 32.7. The predicted molar refractivity (Wildman–Crippen MR) is 114 cm³/mol. The lowest BCUT2D eigenvalue weighted by molar-refractivity contribution is -0.116. The lowest BCUT2D eigenvalue weighted by Crippen LogP contribution is -2.51. The van der Waals surface area contributed by atoms with Crippen molar-refractivity contribution in [2.45, 2.75) is 96.6 Å². The number of allylic oxidation sites excluding steroid dienone is 2. The predicted octanol–water partition coefficient (Wildman–Crippen LogP) is 3.99. The van der Waals surface area contributed by atoms with Crippen molar-refractivity contribution in [1.29, 1.82) is 0 Å². The molecule has 3 aliphatic carbocycles. The Labute approximate surface area is 176 Å². The second kappa shape index (κ2) is 7.19. The highest BCUT2D eigenvalue weighted by molar-refractivity contribution is 5.25. The first-order chi connectivity index (χ1) is 13.6. The minimum atomic E-state index is -0.964. The van der Waals surface area contributed by atoms with Crippen molar-refractivity contribution in [3.8, 4) is 0 Å². The highest BCUT2D eigenvalue weighted by Crippen LogP contribution is 2.64. The molecular formula is C25H40O4. The van der Waals surface area contributed by atoms with E-state index >= 15 is 0 Å². The van der Waals surface area contributed by atoms with Gasteiger partial charge in [0, 0.05) is 5.92 Å². The van der Waals surface area contributed by atoms with Gasteiger partial charge in [0.15, 0.2) is 0 Å². The second-order valence-electron chi connectivity index (χ2n) is 11.2. The fraction of sp³-hybridized carbons (Fsp3) is 0.840. The Hall–Kier alpha value is -0.680. The molecule has 1 aliphatic heterocycles. The summed E-state index contributed by atoms with van der Waals surface area (Å²) in [5.74, 6) is 0.455. The van der Waals surface area contributed by atoms with E-state index in [1.807, 2.05) is 0 Å². The maximum Gasteiger partial charge on any atom is 0.0770 e. The van der Waals surface area contributed by atoms with Crippen LogP contribution in [0.1, 0.15) is 73.1 Å². The second-order valence-corrected chi connectivity index (χ2v) is 11.2. The van der Waals surface area contributed by atoms with E-state index in [1.165, 1.54) is 5.57 Å². The molecule has 3 N–H and O–H groups in total. The first-order valence-electron chi connectivity index (χ1n) is 11.6. The molecule has 0 aromatic rings. The van der Waals surface area contributed by atoms with Gasteiger partial charge in [-0.15, -0.1) is 0 Å². The van der Waals surface area contributed by atoms with Gasteiger partial charge in [0.25, 0.3) is 0 Å². The Morgan fingerprint density at radius 2 is 1.93 bits per heavy atom. The maximum absolute atomic E-state index is 11.9. The third-order valence-electron chi connectivity index (χ3n) is 9.08. The van der Waals surface area contributed by atoms with E-state index in [9.17, 15) is 15.3 Å². The van der Waals surface area contributed by atoms with Gasteiger partial charge in [-0.1, -0.05) is 38.5 Å². The van der Waals surface area contributed by atoms with Crippen LogP contribution in [-0.4, -0.2) is 45.3 Å². The van der Waals surface area contributed by atoms with Crippen molar-refractivity contribution < 1.29 is 20.1 Å². The third-order valence-corrected chi connectivity index (χ3v) is 9.08. The number of ether oxygens (including phenoxy) is 1. The zero-order chi connectivity index (χ0) is 21.2. The first kappa shape index (κ1) is 21.5. The van der Waals surface area contributed by atoms with Crippen LogP contribution in [-0.2, 0) is 4.74 Å². The van der Waals surface area contributed by atoms with Crippen molar-refractivity contribution in [2.24, 2.45) is 29.1 Å². The Balaban J connectivity index is 1.74. The van der Waals surface area contributed by atoms with Crippen molar-refractivity contribution in [3.63, 3.8) is 0 Å². The van der Waals surface area contributed by atoms with Crippen molar-refractivity contribution in [2.75, 3.05) is 6.61 Å². The highest BCUT2D eigenvalue weighted by Gasteiger charge is 2.65. The number of aliphatic hydroxyl groups is 3. The van der Waals surface area contributed by atoms with Crippen LogP contribution in [0.5, 0.6) is 0 Å². The average Bonchev–Trinajstić information content (AvgIpc) is 3.13. The topological polar surface area (TPSA) is 69.9 Å². The van der Waals surface area contributed by atoms with Gasteiger partial charge in [0.2, 0.25) is 0 Å². The van der Waals surface area contributed by atoms with Crippen LogP contribution in [0.3, 0.4) is 0 Å². The number of rotatable bonds is 2. The normalized spacial score (nSPS) is 53.7. The molecule has 3 fully saturated rings. The summed E-state index contributed by atoms with van der Waals surface area (Å²) in [4.78, 5) is 0. The van der Waals surface area contributed by atoms with Gasteiger partial charge >= 0.3 is 0 Å². The molecule has 4 aliphatic rings. The van der Waals surface area contributed by atoms with E-state index in [0.717, 1.165) is 31.3 Å². The minimum Gasteiger partial charge on any atom is -0.392 e. The number of hydrogen-bond donors (Lipinski definition) is 3. The van der Waals surface area contributed by atoms with Crippen LogP contribution in [0.25, 0.3) is 0 Å². The van der Waals surface area contributed by atoms with E-state index in [-0.39, 0.29) is 35.6 Å². The summed E-state index contributed by atoms with van der Waals surface area (Å²) in [6, 6.07) is 0. The van der Waals surface area contributed by atoms with Crippen LogP contribution in [0.4, 0.5) is 0 Å². The van der Waals surface area contributed by atoms with Gasteiger partial charge in [-0.25, -0.2) is 0 Å². The van der Waals surface area contributed by atoms with E-state index in [2.05, 4.69) is 46.8 Å². The lowest BCUT2D eigenvalue weighted by Gasteiger charge is -2.48. The molecule has 1 heterocycles. The molecule has 0 aromatic carbocycles.